The molecular weight excluding hydrogens is 308 g/mol. The van der Waals surface area contributed by atoms with Gasteiger partial charge < -0.3 is 15.4 Å². The SMILES string of the molecule is CN=C(NCC(C)c1cccs1)NCC(C)(C)N1CCOCC1. The molecule has 0 aromatic carbocycles. The summed E-state index contributed by atoms with van der Waals surface area (Å²) in [7, 11) is 1.83. The molecule has 1 fully saturated rings. The predicted molar refractivity (Wildman–Crippen MR) is 98.6 cm³/mol. The average Bonchev–Trinajstić information content (AvgIpc) is 3.10. The number of guanidine groups is 1. The number of ether oxygens (including phenoxy) is 1. The maximum absolute atomic E-state index is 5.44. The molecule has 130 valence electrons. The summed E-state index contributed by atoms with van der Waals surface area (Å²) in [5.74, 6) is 1.36. The molecule has 2 N–H and O–H groups in total. The van der Waals surface area contributed by atoms with E-state index < -0.39 is 0 Å². The fourth-order valence-electron chi connectivity index (χ4n) is 2.72. The van der Waals surface area contributed by atoms with Crippen LogP contribution in [0.25, 0.3) is 0 Å². The summed E-state index contributed by atoms with van der Waals surface area (Å²) in [4.78, 5) is 8.23. The fraction of sp³-hybridized carbons (Fsp3) is 0.706. The standard InChI is InChI=1S/C17H30N4OS/c1-14(15-6-5-11-23-15)12-19-16(18-4)20-13-17(2,3)21-7-9-22-10-8-21/h5-6,11,14H,7-10,12-13H2,1-4H3,(H2,18,19,20). The Balaban J connectivity index is 1.78. The van der Waals surface area contributed by atoms with Crippen molar-refractivity contribution in [3.8, 4) is 0 Å². The Labute approximate surface area is 144 Å². The van der Waals surface area contributed by atoms with Crippen molar-refractivity contribution in [1.29, 1.82) is 0 Å². The number of rotatable bonds is 6. The average molecular weight is 339 g/mol. The number of aliphatic imine (C=N–C) groups is 1. The van der Waals surface area contributed by atoms with E-state index in [1.807, 2.05) is 18.4 Å². The lowest BCUT2D eigenvalue weighted by atomic mass is 10.0. The Morgan fingerprint density at radius 3 is 2.74 bits per heavy atom. The van der Waals surface area contributed by atoms with Gasteiger partial charge in [0.15, 0.2) is 5.96 Å². The number of nitrogens with one attached hydrogen (secondary N) is 2. The van der Waals surface area contributed by atoms with E-state index in [-0.39, 0.29) is 5.54 Å². The second kappa shape index (κ2) is 8.66. The second-order valence-electron chi connectivity index (χ2n) is 6.63. The molecule has 23 heavy (non-hydrogen) atoms. The van der Waals surface area contributed by atoms with E-state index in [4.69, 9.17) is 4.74 Å². The Bertz CT molecular complexity index is 481. The number of nitrogens with zero attached hydrogens (tertiary/aromatic N) is 2. The van der Waals surface area contributed by atoms with Crippen LogP contribution in [0.5, 0.6) is 0 Å². The van der Waals surface area contributed by atoms with Crippen molar-refractivity contribution in [1.82, 2.24) is 15.5 Å². The minimum absolute atomic E-state index is 0.0841. The molecule has 0 bridgehead atoms. The second-order valence-corrected chi connectivity index (χ2v) is 7.61. The first-order valence-corrected chi connectivity index (χ1v) is 9.21. The first-order chi connectivity index (χ1) is 11.0. The predicted octanol–water partition coefficient (Wildman–Crippen LogP) is 2.13. The van der Waals surface area contributed by atoms with Crippen molar-refractivity contribution >= 4 is 17.3 Å². The molecule has 1 saturated heterocycles. The van der Waals surface area contributed by atoms with Crippen LogP contribution in [0.2, 0.25) is 0 Å². The van der Waals surface area contributed by atoms with Gasteiger partial charge in [-0.15, -0.1) is 11.3 Å². The van der Waals surface area contributed by atoms with Gasteiger partial charge in [0.25, 0.3) is 0 Å². The van der Waals surface area contributed by atoms with Gasteiger partial charge in [0.05, 0.1) is 13.2 Å². The van der Waals surface area contributed by atoms with Crippen LogP contribution >= 0.6 is 11.3 Å². The lowest BCUT2D eigenvalue weighted by molar-refractivity contribution is -0.00834. The number of morpholine rings is 1. The molecule has 2 heterocycles. The Morgan fingerprint density at radius 2 is 2.13 bits per heavy atom. The summed E-state index contributed by atoms with van der Waals surface area (Å²) in [6, 6.07) is 4.29. The zero-order valence-corrected chi connectivity index (χ0v) is 15.6. The first kappa shape index (κ1) is 18.2. The van der Waals surface area contributed by atoms with Crippen molar-refractivity contribution in [3.63, 3.8) is 0 Å². The quantitative estimate of drug-likeness (QED) is 0.616. The summed E-state index contributed by atoms with van der Waals surface area (Å²) in [6.45, 7) is 12.2. The number of hydrogen-bond acceptors (Lipinski definition) is 4. The Kier molecular flexibility index (Phi) is 6.87. The van der Waals surface area contributed by atoms with Crippen molar-refractivity contribution in [3.05, 3.63) is 22.4 Å². The van der Waals surface area contributed by atoms with Gasteiger partial charge >= 0.3 is 0 Å². The smallest absolute Gasteiger partial charge is 0.191 e. The van der Waals surface area contributed by atoms with E-state index in [1.165, 1.54) is 4.88 Å². The van der Waals surface area contributed by atoms with Crippen LogP contribution in [0.4, 0.5) is 0 Å². The molecule has 1 aliphatic heterocycles. The van der Waals surface area contributed by atoms with E-state index in [0.29, 0.717) is 5.92 Å². The molecular formula is C17H30N4OS. The third-order valence-corrected chi connectivity index (χ3v) is 5.49. The molecule has 5 nitrogen and oxygen atoms in total. The zero-order valence-electron chi connectivity index (χ0n) is 14.8. The van der Waals surface area contributed by atoms with Gasteiger partial charge in [0.2, 0.25) is 0 Å². The van der Waals surface area contributed by atoms with Crippen LogP contribution in [-0.4, -0.2) is 62.8 Å². The van der Waals surface area contributed by atoms with Crippen LogP contribution in [0.15, 0.2) is 22.5 Å². The first-order valence-electron chi connectivity index (χ1n) is 8.33. The van der Waals surface area contributed by atoms with Crippen molar-refractivity contribution in [2.75, 3.05) is 46.4 Å². The van der Waals surface area contributed by atoms with Crippen LogP contribution in [0.1, 0.15) is 31.6 Å². The molecule has 1 atom stereocenters. The topological polar surface area (TPSA) is 48.9 Å². The molecule has 1 aromatic rings. The molecule has 6 heteroatoms. The van der Waals surface area contributed by atoms with Crippen molar-refractivity contribution < 1.29 is 4.74 Å². The van der Waals surface area contributed by atoms with Crippen LogP contribution in [0, 0.1) is 0 Å². The zero-order chi connectivity index (χ0) is 16.7. The fourth-order valence-corrected chi connectivity index (χ4v) is 3.51. The highest BCUT2D eigenvalue weighted by atomic mass is 32.1. The van der Waals surface area contributed by atoms with Crippen LogP contribution in [0.3, 0.4) is 0 Å². The molecule has 0 radical (unpaired) electrons. The minimum Gasteiger partial charge on any atom is -0.379 e. The van der Waals surface area contributed by atoms with Crippen LogP contribution in [-0.2, 0) is 4.74 Å². The largest absolute Gasteiger partial charge is 0.379 e. The van der Waals surface area contributed by atoms with E-state index in [1.54, 1.807) is 0 Å². The van der Waals surface area contributed by atoms with E-state index in [9.17, 15) is 0 Å². The molecule has 0 aliphatic carbocycles. The highest BCUT2D eigenvalue weighted by Crippen LogP contribution is 2.19. The van der Waals surface area contributed by atoms with Gasteiger partial charge in [0, 0.05) is 49.6 Å². The number of thiophene rings is 1. The molecule has 1 unspecified atom stereocenters. The molecule has 1 aromatic heterocycles. The van der Waals surface area contributed by atoms with Gasteiger partial charge in [-0.25, -0.2) is 0 Å². The summed E-state index contributed by atoms with van der Waals surface area (Å²) in [5, 5.41) is 9.03. The number of hydrogen-bond donors (Lipinski definition) is 2. The molecule has 0 spiro atoms. The van der Waals surface area contributed by atoms with Gasteiger partial charge in [-0.1, -0.05) is 13.0 Å². The summed E-state index contributed by atoms with van der Waals surface area (Å²) >= 11 is 1.81. The van der Waals surface area contributed by atoms with Crippen LogP contribution < -0.4 is 10.6 Å². The lowest BCUT2D eigenvalue weighted by Crippen LogP contribution is -2.56. The maximum atomic E-state index is 5.44. The molecule has 0 saturated carbocycles. The van der Waals surface area contributed by atoms with E-state index >= 15 is 0 Å². The van der Waals surface area contributed by atoms with Gasteiger partial charge in [-0.05, 0) is 25.3 Å². The lowest BCUT2D eigenvalue weighted by Gasteiger charge is -2.41. The van der Waals surface area contributed by atoms with Crippen molar-refractivity contribution in [2.24, 2.45) is 4.99 Å². The normalized spacial score (nSPS) is 18.7. The van der Waals surface area contributed by atoms with Gasteiger partial charge in [-0.3, -0.25) is 9.89 Å². The summed E-state index contributed by atoms with van der Waals surface area (Å²) in [6.07, 6.45) is 0. The highest BCUT2D eigenvalue weighted by molar-refractivity contribution is 7.10. The summed E-state index contributed by atoms with van der Waals surface area (Å²) in [5.41, 5.74) is 0.0841. The molecule has 2 rings (SSSR count). The minimum atomic E-state index is 0.0841. The summed E-state index contributed by atoms with van der Waals surface area (Å²) < 4.78 is 5.44. The van der Waals surface area contributed by atoms with E-state index in [0.717, 1.165) is 45.4 Å². The Hall–Kier alpha value is -1.11. The molecule has 1 aliphatic rings. The third kappa shape index (κ3) is 5.48. The maximum Gasteiger partial charge on any atom is 0.191 e. The van der Waals surface area contributed by atoms with Gasteiger partial charge in [0.1, 0.15) is 0 Å². The third-order valence-electron chi connectivity index (χ3n) is 4.38. The molecule has 0 amide bonds. The van der Waals surface area contributed by atoms with Gasteiger partial charge in [-0.2, -0.15) is 0 Å². The monoisotopic (exact) mass is 338 g/mol. The Morgan fingerprint density at radius 1 is 1.39 bits per heavy atom. The van der Waals surface area contributed by atoms with Crippen molar-refractivity contribution in [2.45, 2.75) is 32.2 Å². The highest BCUT2D eigenvalue weighted by Gasteiger charge is 2.28. The van der Waals surface area contributed by atoms with E-state index in [2.05, 4.69) is 58.8 Å².